The molecule has 3 aromatic carbocycles. The smallest absolute Gasteiger partial charge is 0.408 e. The standard InChI is InChI=1S/C37H42N4O7.CH5N/c1-22-15-26(21-42)16-23(2)28(22)18-30(40-36(46)48-37(4,5)6)34(43)41(20-25-13-14-32(47-7)29(17-25)35(44)45)24(3)33-38-19-31(39-33)27-11-9-8-10-12-27;1-2/h8-17,19,21,24,30H,18,20H2,1-7H3,(H,38,39)(H,40,46)(H,44,45);2H2,1H3. The van der Waals surface area contributed by atoms with Crippen LogP contribution in [0.4, 0.5) is 4.79 Å². The molecule has 1 heterocycles. The first-order chi connectivity index (χ1) is 23.7. The number of aromatic nitrogens is 2. The number of ether oxygens (including phenoxy) is 2. The zero-order valence-electron chi connectivity index (χ0n) is 29.9. The number of carboxylic acids is 1. The van der Waals surface area contributed by atoms with Gasteiger partial charge >= 0.3 is 12.1 Å². The van der Waals surface area contributed by atoms with Gasteiger partial charge < -0.3 is 35.5 Å². The second-order valence-electron chi connectivity index (χ2n) is 12.7. The van der Waals surface area contributed by atoms with Crippen molar-refractivity contribution in [3.63, 3.8) is 0 Å². The van der Waals surface area contributed by atoms with E-state index in [-0.39, 0.29) is 24.3 Å². The number of carboxylic acid groups (broad SMARTS) is 1. The lowest BCUT2D eigenvalue weighted by molar-refractivity contribution is -0.136. The van der Waals surface area contributed by atoms with Crippen LogP contribution in [-0.4, -0.2) is 70.0 Å². The third kappa shape index (κ3) is 10.0. The van der Waals surface area contributed by atoms with Gasteiger partial charge in [-0.25, -0.2) is 14.6 Å². The lowest BCUT2D eigenvalue weighted by atomic mass is 9.93. The Bertz CT molecular complexity index is 1770. The third-order valence-corrected chi connectivity index (χ3v) is 7.93. The molecule has 12 nitrogen and oxygen atoms in total. The highest BCUT2D eigenvalue weighted by atomic mass is 16.6. The molecule has 5 N–H and O–H groups in total. The maximum Gasteiger partial charge on any atom is 0.408 e. The molecular formula is C38H47N5O7. The van der Waals surface area contributed by atoms with E-state index in [9.17, 15) is 24.3 Å². The lowest BCUT2D eigenvalue weighted by Gasteiger charge is -2.33. The van der Waals surface area contributed by atoms with Crippen LogP contribution in [0.2, 0.25) is 0 Å². The SMILES string of the molecule is CN.COc1ccc(CN(C(=O)C(Cc2c(C)cc(C=O)cc2C)NC(=O)OC(C)(C)C)C(C)c2ncc(-c3ccccc3)[nH]2)cc1C(=O)O. The molecule has 0 aliphatic heterocycles. The number of aromatic amines is 1. The minimum atomic E-state index is -1.17. The molecule has 0 aliphatic rings. The number of hydrogen-bond acceptors (Lipinski definition) is 8. The average molecular weight is 686 g/mol. The summed E-state index contributed by atoms with van der Waals surface area (Å²) in [5.74, 6) is -0.942. The summed E-state index contributed by atoms with van der Waals surface area (Å²) in [6.07, 6.45) is 1.80. The summed E-state index contributed by atoms with van der Waals surface area (Å²) >= 11 is 0. The Hall–Kier alpha value is -5.49. The van der Waals surface area contributed by atoms with Crippen molar-refractivity contribution in [3.8, 4) is 17.0 Å². The monoisotopic (exact) mass is 685 g/mol. The van der Waals surface area contributed by atoms with Gasteiger partial charge in [0, 0.05) is 18.5 Å². The fourth-order valence-corrected chi connectivity index (χ4v) is 5.56. The number of carbonyl (C=O) groups is 4. The number of nitrogens with two attached hydrogens (primary N) is 1. The van der Waals surface area contributed by atoms with Gasteiger partial charge in [-0.15, -0.1) is 0 Å². The molecule has 0 aliphatic carbocycles. The first-order valence-corrected chi connectivity index (χ1v) is 16.1. The molecule has 0 bridgehead atoms. The topological polar surface area (TPSA) is 177 Å². The molecule has 0 saturated carbocycles. The molecule has 4 aromatic rings. The number of nitrogens with zero attached hydrogens (tertiary/aromatic N) is 2. The Kier molecular flexibility index (Phi) is 13.4. The van der Waals surface area contributed by atoms with Crippen molar-refractivity contribution < 1.29 is 33.8 Å². The van der Waals surface area contributed by atoms with E-state index < -0.39 is 35.7 Å². The zero-order chi connectivity index (χ0) is 37.2. The second kappa shape index (κ2) is 17.3. The van der Waals surface area contributed by atoms with Crippen molar-refractivity contribution in [1.82, 2.24) is 20.2 Å². The molecule has 0 fully saturated rings. The minimum absolute atomic E-state index is 0.0137. The first-order valence-electron chi connectivity index (χ1n) is 16.1. The van der Waals surface area contributed by atoms with E-state index in [2.05, 4.69) is 21.0 Å². The number of H-pyrrole nitrogens is 1. The number of aryl methyl sites for hydroxylation is 2. The highest BCUT2D eigenvalue weighted by molar-refractivity contribution is 5.91. The molecule has 12 heteroatoms. The van der Waals surface area contributed by atoms with E-state index in [4.69, 9.17) is 9.47 Å². The summed E-state index contributed by atoms with van der Waals surface area (Å²) in [6, 6.07) is 16.1. The van der Waals surface area contributed by atoms with Crippen LogP contribution in [0, 0.1) is 13.8 Å². The summed E-state index contributed by atoms with van der Waals surface area (Å²) in [7, 11) is 2.89. The maximum absolute atomic E-state index is 14.7. The number of alkyl carbamates (subject to hydrolysis) is 1. The van der Waals surface area contributed by atoms with Crippen LogP contribution in [0.15, 0.2) is 66.9 Å². The third-order valence-electron chi connectivity index (χ3n) is 7.93. The average Bonchev–Trinajstić information content (AvgIpc) is 3.58. The molecule has 266 valence electrons. The molecule has 4 rings (SSSR count). The van der Waals surface area contributed by atoms with Gasteiger partial charge in [0.25, 0.3) is 0 Å². The predicted molar refractivity (Wildman–Crippen MR) is 191 cm³/mol. The van der Waals surface area contributed by atoms with E-state index in [0.717, 1.165) is 34.2 Å². The van der Waals surface area contributed by atoms with E-state index in [1.807, 2.05) is 51.1 Å². The van der Waals surface area contributed by atoms with Crippen LogP contribution in [0.25, 0.3) is 11.3 Å². The van der Waals surface area contributed by atoms with Gasteiger partial charge in [0.2, 0.25) is 5.91 Å². The van der Waals surface area contributed by atoms with E-state index in [1.165, 1.54) is 20.2 Å². The fourth-order valence-electron chi connectivity index (χ4n) is 5.56. The molecule has 0 saturated heterocycles. The van der Waals surface area contributed by atoms with Crippen LogP contribution in [0.1, 0.15) is 82.5 Å². The minimum Gasteiger partial charge on any atom is -0.496 e. The quantitative estimate of drug-likeness (QED) is 0.130. The number of amides is 2. The predicted octanol–water partition coefficient (Wildman–Crippen LogP) is 6.01. The van der Waals surface area contributed by atoms with Crippen LogP contribution in [0.3, 0.4) is 0 Å². The normalized spacial score (nSPS) is 12.1. The van der Waals surface area contributed by atoms with Gasteiger partial charge in [-0.2, -0.15) is 0 Å². The summed E-state index contributed by atoms with van der Waals surface area (Å²) in [6.45, 7) is 10.7. The fraction of sp³-hybridized carbons (Fsp3) is 0.342. The number of hydrogen-bond donors (Lipinski definition) is 4. The van der Waals surface area contributed by atoms with Gasteiger partial charge in [-0.05, 0) is 101 Å². The van der Waals surface area contributed by atoms with Crippen LogP contribution >= 0.6 is 0 Å². The first kappa shape index (κ1) is 39.0. The van der Waals surface area contributed by atoms with E-state index >= 15 is 0 Å². The van der Waals surface area contributed by atoms with Gasteiger partial charge in [-0.1, -0.05) is 36.4 Å². The Morgan fingerprint density at radius 1 is 1.04 bits per heavy atom. The largest absolute Gasteiger partial charge is 0.496 e. The van der Waals surface area contributed by atoms with Crippen molar-refractivity contribution in [2.75, 3.05) is 14.2 Å². The highest BCUT2D eigenvalue weighted by Gasteiger charge is 2.33. The summed E-state index contributed by atoms with van der Waals surface area (Å²) in [5.41, 5.74) is 8.72. The summed E-state index contributed by atoms with van der Waals surface area (Å²) < 4.78 is 10.8. The summed E-state index contributed by atoms with van der Waals surface area (Å²) in [5, 5.41) is 12.6. The molecule has 0 radical (unpaired) electrons. The number of nitrogens with one attached hydrogen (secondary N) is 2. The Labute approximate surface area is 293 Å². The molecule has 1 aromatic heterocycles. The number of methoxy groups -OCH3 is 1. The van der Waals surface area contributed by atoms with Crippen molar-refractivity contribution >= 4 is 24.3 Å². The number of rotatable bonds is 12. The number of benzene rings is 3. The van der Waals surface area contributed by atoms with Crippen LogP contribution in [-0.2, 0) is 22.5 Å². The maximum atomic E-state index is 14.7. The highest BCUT2D eigenvalue weighted by Crippen LogP contribution is 2.28. The van der Waals surface area contributed by atoms with E-state index in [1.54, 1.807) is 56.1 Å². The van der Waals surface area contributed by atoms with Gasteiger partial charge in [-0.3, -0.25) is 9.59 Å². The molecule has 2 atom stereocenters. The lowest BCUT2D eigenvalue weighted by Crippen LogP contribution is -2.51. The number of aromatic carboxylic acids is 1. The van der Waals surface area contributed by atoms with Crippen molar-refractivity contribution in [1.29, 1.82) is 0 Å². The number of imidazole rings is 1. The molecule has 0 spiro atoms. The Balaban J connectivity index is 0.00000332. The van der Waals surface area contributed by atoms with Crippen molar-refractivity contribution in [3.05, 3.63) is 106 Å². The number of aldehydes is 1. The van der Waals surface area contributed by atoms with Crippen molar-refractivity contribution in [2.45, 2.75) is 72.2 Å². The molecular weight excluding hydrogens is 638 g/mol. The van der Waals surface area contributed by atoms with Crippen LogP contribution in [0.5, 0.6) is 5.75 Å². The zero-order valence-corrected chi connectivity index (χ0v) is 29.9. The molecule has 2 unspecified atom stereocenters. The Morgan fingerprint density at radius 3 is 2.24 bits per heavy atom. The molecule has 50 heavy (non-hydrogen) atoms. The van der Waals surface area contributed by atoms with Crippen LogP contribution < -0.4 is 15.8 Å². The molecule has 2 amide bonds. The van der Waals surface area contributed by atoms with E-state index in [0.29, 0.717) is 17.0 Å². The Morgan fingerprint density at radius 2 is 1.68 bits per heavy atom. The second-order valence-corrected chi connectivity index (χ2v) is 12.7. The number of carbonyl (C=O) groups excluding carboxylic acids is 3. The van der Waals surface area contributed by atoms with Gasteiger partial charge in [0.15, 0.2) is 0 Å². The van der Waals surface area contributed by atoms with Gasteiger partial charge in [0.1, 0.15) is 35.1 Å². The van der Waals surface area contributed by atoms with Crippen molar-refractivity contribution in [2.24, 2.45) is 5.73 Å². The van der Waals surface area contributed by atoms with Gasteiger partial charge in [0.05, 0.1) is 25.0 Å². The summed E-state index contributed by atoms with van der Waals surface area (Å²) in [4.78, 5) is 60.9.